The predicted octanol–water partition coefficient (Wildman–Crippen LogP) is 2.63. The largest absolute Gasteiger partial charge is 0.320 e. The molecule has 0 radical (unpaired) electrons. The number of thioether (sulfide) groups is 1. The lowest BCUT2D eigenvalue weighted by molar-refractivity contribution is -0.128. The van der Waals surface area contributed by atoms with E-state index in [0.717, 1.165) is 6.54 Å². The van der Waals surface area contributed by atoms with Crippen LogP contribution < -0.4 is 5.32 Å². The summed E-state index contributed by atoms with van der Waals surface area (Å²) in [7, 11) is 0. The van der Waals surface area contributed by atoms with Gasteiger partial charge in [-0.25, -0.2) is 0 Å². The van der Waals surface area contributed by atoms with Gasteiger partial charge in [-0.3, -0.25) is 10.1 Å². The number of rotatable bonds is 4. The standard InChI is InChI=1S/C13H20N2OS2/c1-9-5-6-10(18-9)12-14-7-11(16)15(12)8-13(2,3)17-4/h5-6,12,14H,7-8H2,1-4H3. The van der Waals surface area contributed by atoms with Crippen LogP contribution in [-0.4, -0.2) is 34.9 Å². The van der Waals surface area contributed by atoms with Gasteiger partial charge in [-0.15, -0.1) is 11.3 Å². The van der Waals surface area contributed by atoms with Crippen molar-refractivity contribution in [3.8, 4) is 0 Å². The maximum Gasteiger partial charge on any atom is 0.238 e. The maximum atomic E-state index is 12.0. The van der Waals surface area contributed by atoms with Crippen molar-refractivity contribution in [3.05, 3.63) is 21.9 Å². The number of nitrogens with one attached hydrogen (secondary N) is 1. The highest BCUT2D eigenvalue weighted by molar-refractivity contribution is 7.99. The van der Waals surface area contributed by atoms with Crippen LogP contribution >= 0.6 is 23.1 Å². The van der Waals surface area contributed by atoms with E-state index in [-0.39, 0.29) is 16.8 Å². The molecule has 1 N–H and O–H groups in total. The van der Waals surface area contributed by atoms with Crippen LogP contribution in [0.1, 0.15) is 29.8 Å². The second kappa shape index (κ2) is 5.23. The third kappa shape index (κ3) is 2.90. The van der Waals surface area contributed by atoms with Crippen LogP contribution in [-0.2, 0) is 4.79 Å². The normalized spacial score (nSPS) is 20.8. The van der Waals surface area contributed by atoms with Gasteiger partial charge in [0.15, 0.2) is 0 Å². The van der Waals surface area contributed by atoms with E-state index in [0.29, 0.717) is 6.54 Å². The number of carbonyl (C=O) groups is 1. The molecule has 1 amide bonds. The average Bonchev–Trinajstić information content (AvgIpc) is 2.87. The molecule has 1 aromatic rings. The number of thiophene rings is 1. The molecular formula is C13H20N2OS2. The first kappa shape index (κ1) is 13.9. The van der Waals surface area contributed by atoms with Crippen LogP contribution in [0.5, 0.6) is 0 Å². The van der Waals surface area contributed by atoms with E-state index in [4.69, 9.17) is 0 Å². The molecule has 1 atom stereocenters. The van der Waals surface area contributed by atoms with E-state index >= 15 is 0 Å². The van der Waals surface area contributed by atoms with Crippen molar-refractivity contribution in [1.29, 1.82) is 0 Å². The van der Waals surface area contributed by atoms with Gasteiger partial charge in [0.2, 0.25) is 5.91 Å². The number of aryl methyl sites for hydroxylation is 1. The summed E-state index contributed by atoms with van der Waals surface area (Å²) in [4.78, 5) is 16.5. The third-order valence-corrected chi connectivity index (χ3v) is 5.50. The maximum absolute atomic E-state index is 12.0. The van der Waals surface area contributed by atoms with Crippen molar-refractivity contribution in [2.24, 2.45) is 0 Å². The first-order chi connectivity index (χ1) is 8.43. The Hall–Kier alpha value is -0.520. The quantitative estimate of drug-likeness (QED) is 0.922. The van der Waals surface area contributed by atoms with Crippen LogP contribution in [0.15, 0.2) is 12.1 Å². The number of hydrogen-bond acceptors (Lipinski definition) is 4. The molecule has 0 spiro atoms. The number of carbonyl (C=O) groups excluding carboxylic acids is 1. The van der Waals surface area contributed by atoms with E-state index < -0.39 is 0 Å². The van der Waals surface area contributed by atoms with E-state index in [2.05, 4.69) is 44.5 Å². The zero-order chi connectivity index (χ0) is 13.3. The summed E-state index contributed by atoms with van der Waals surface area (Å²) in [6.07, 6.45) is 2.15. The summed E-state index contributed by atoms with van der Waals surface area (Å²) in [5.74, 6) is 0.202. The molecule has 1 aliphatic heterocycles. The molecule has 1 fully saturated rings. The summed E-state index contributed by atoms with van der Waals surface area (Å²) in [5.41, 5.74) is 0. The van der Waals surface area contributed by atoms with Crippen molar-refractivity contribution in [2.75, 3.05) is 19.3 Å². The van der Waals surface area contributed by atoms with E-state index in [9.17, 15) is 4.79 Å². The lowest BCUT2D eigenvalue weighted by atomic mass is 10.2. The van der Waals surface area contributed by atoms with Gasteiger partial charge in [0.25, 0.3) is 0 Å². The lowest BCUT2D eigenvalue weighted by Crippen LogP contribution is -2.39. The zero-order valence-corrected chi connectivity index (χ0v) is 13.0. The monoisotopic (exact) mass is 284 g/mol. The predicted molar refractivity (Wildman–Crippen MR) is 79.1 cm³/mol. The fourth-order valence-corrected chi connectivity index (χ4v) is 3.28. The molecule has 100 valence electrons. The molecule has 0 saturated carbocycles. The summed E-state index contributed by atoms with van der Waals surface area (Å²) in [6, 6.07) is 4.23. The Kier molecular flexibility index (Phi) is 4.04. The number of nitrogens with zero attached hydrogens (tertiary/aromatic N) is 1. The minimum atomic E-state index is 0.0580. The Morgan fingerprint density at radius 1 is 1.56 bits per heavy atom. The van der Waals surface area contributed by atoms with Crippen LogP contribution in [0, 0.1) is 6.92 Å². The van der Waals surface area contributed by atoms with Crippen molar-refractivity contribution in [1.82, 2.24) is 10.2 Å². The average molecular weight is 284 g/mol. The third-order valence-electron chi connectivity index (χ3n) is 3.21. The smallest absolute Gasteiger partial charge is 0.238 e. The Balaban J connectivity index is 2.18. The van der Waals surface area contributed by atoms with Crippen molar-refractivity contribution >= 4 is 29.0 Å². The molecule has 0 aromatic carbocycles. The molecule has 2 heterocycles. The van der Waals surface area contributed by atoms with Crippen LogP contribution in [0.4, 0.5) is 0 Å². The fourth-order valence-electron chi connectivity index (χ4n) is 2.05. The molecule has 5 heteroatoms. The van der Waals surface area contributed by atoms with Crippen LogP contribution in [0.2, 0.25) is 0 Å². The summed E-state index contributed by atoms with van der Waals surface area (Å²) < 4.78 is 0.0895. The van der Waals surface area contributed by atoms with Gasteiger partial charge in [0.1, 0.15) is 6.17 Å². The summed E-state index contributed by atoms with van der Waals surface area (Å²) in [5, 5.41) is 3.31. The minimum Gasteiger partial charge on any atom is -0.320 e. The molecule has 2 rings (SSSR count). The number of amides is 1. The molecule has 18 heavy (non-hydrogen) atoms. The highest BCUT2D eigenvalue weighted by Crippen LogP contribution is 2.32. The Bertz CT molecular complexity index is 442. The van der Waals surface area contributed by atoms with Gasteiger partial charge in [-0.05, 0) is 39.2 Å². The first-order valence-corrected chi connectivity index (χ1v) is 8.11. The summed E-state index contributed by atoms with van der Waals surface area (Å²) >= 11 is 3.56. The number of hydrogen-bond donors (Lipinski definition) is 1. The molecule has 0 aliphatic carbocycles. The molecule has 1 aromatic heterocycles. The van der Waals surface area contributed by atoms with Gasteiger partial charge >= 0.3 is 0 Å². The Morgan fingerprint density at radius 3 is 2.83 bits per heavy atom. The molecule has 1 saturated heterocycles. The lowest BCUT2D eigenvalue weighted by Gasteiger charge is -2.32. The second-order valence-corrected chi connectivity index (χ2v) is 8.05. The molecule has 1 aliphatic rings. The van der Waals surface area contributed by atoms with Gasteiger partial charge < -0.3 is 4.90 Å². The molecule has 1 unspecified atom stereocenters. The van der Waals surface area contributed by atoms with Crippen molar-refractivity contribution in [3.63, 3.8) is 0 Å². The Labute approximate surface area is 117 Å². The van der Waals surface area contributed by atoms with Gasteiger partial charge in [-0.1, -0.05) is 0 Å². The SMILES string of the molecule is CSC(C)(C)CN1C(=O)CNC1c1ccc(C)s1. The van der Waals surface area contributed by atoms with Crippen molar-refractivity contribution in [2.45, 2.75) is 31.7 Å². The van der Waals surface area contributed by atoms with Gasteiger partial charge in [0, 0.05) is 21.0 Å². The second-order valence-electron chi connectivity index (χ2n) is 5.22. The first-order valence-electron chi connectivity index (χ1n) is 6.07. The summed E-state index contributed by atoms with van der Waals surface area (Å²) in [6.45, 7) is 7.69. The minimum absolute atomic E-state index is 0.0580. The molecule has 0 bridgehead atoms. The van der Waals surface area contributed by atoms with Crippen molar-refractivity contribution < 1.29 is 4.79 Å². The fraction of sp³-hybridized carbons (Fsp3) is 0.615. The van der Waals surface area contributed by atoms with Gasteiger partial charge in [-0.2, -0.15) is 11.8 Å². The highest BCUT2D eigenvalue weighted by atomic mass is 32.2. The van der Waals surface area contributed by atoms with Crippen LogP contribution in [0.3, 0.4) is 0 Å². The highest BCUT2D eigenvalue weighted by Gasteiger charge is 2.35. The van der Waals surface area contributed by atoms with E-state index in [1.54, 1.807) is 23.1 Å². The van der Waals surface area contributed by atoms with E-state index in [1.165, 1.54) is 9.75 Å². The Morgan fingerprint density at radius 2 is 2.28 bits per heavy atom. The molecule has 3 nitrogen and oxygen atoms in total. The van der Waals surface area contributed by atoms with E-state index in [1.807, 2.05) is 4.90 Å². The van der Waals surface area contributed by atoms with Crippen LogP contribution in [0.25, 0.3) is 0 Å². The topological polar surface area (TPSA) is 32.3 Å². The molecular weight excluding hydrogens is 264 g/mol. The van der Waals surface area contributed by atoms with Gasteiger partial charge in [0.05, 0.1) is 6.54 Å². The zero-order valence-electron chi connectivity index (χ0n) is 11.3.